The second-order valence-corrected chi connectivity index (χ2v) is 4.84. The van der Waals surface area contributed by atoms with Crippen molar-refractivity contribution in [2.75, 3.05) is 24.7 Å². The van der Waals surface area contributed by atoms with E-state index in [1.54, 1.807) is 0 Å². The molecular formula is C13H14ClN3O. The SMILES string of the molecule is C[C@H]1COCCN1c1ccc2c(Cl)ncnc2c1. The first-order valence-corrected chi connectivity index (χ1v) is 6.38. The van der Waals surface area contributed by atoms with E-state index in [1.807, 2.05) is 6.07 Å². The highest BCUT2D eigenvalue weighted by molar-refractivity contribution is 6.34. The molecule has 3 rings (SSSR count). The van der Waals surface area contributed by atoms with Crippen LogP contribution < -0.4 is 4.90 Å². The van der Waals surface area contributed by atoms with Crippen LogP contribution in [0.2, 0.25) is 5.15 Å². The van der Waals surface area contributed by atoms with Crippen LogP contribution in [0.3, 0.4) is 0 Å². The van der Waals surface area contributed by atoms with Crippen molar-refractivity contribution in [1.82, 2.24) is 9.97 Å². The third kappa shape index (κ3) is 2.02. The predicted molar refractivity (Wildman–Crippen MR) is 72.2 cm³/mol. The molecule has 2 aromatic rings. The lowest BCUT2D eigenvalue weighted by atomic mass is 10.1. The van der Waals surface area contributed by atoms with Crippen molar-refractivity contribution in [3.63, 3.8) is 0 Å². The van der Waals surface area contributed by atoms with Crippen LogP contribution >= 0.6 is 11.6 Å². The highest BCUT2D eigenvalue weighted by Gasteiger charge is 2.19. The van der Waals surface area contributed by atoms with E-state index >= 15 is 0 Å². The number of ether oxygens (including phenoxy) is 1. The summed E-state index contributed by atoms with van der Waals surface area (Å²) in [6.07, 6.45) is 1.50. The topological polar surface area (TPSA) is 38.2 Å². The molecular weight excluding hydrogens is 250 g/mol. The van der Waals surface area contributed by atoms with Crippen LogP contribution in [0.15, 0.2) is 24.5 Å². The Morgan fingerprint density at radius 3 is 3.11 bits per heavy atom. The van der Waals surface area contributed by atoms with Crippen LogP contribution in [0.5, 0.6) is 0 Å². The zero-order valence-corrected chi connectivity index (χ0v) is 10.9. The van der Waals surface area contributed by atoms with Crippen LogP contribution in [-0.4, -0.2) is 35.8 Å². The molecule has 4 nitrogen and oxygen atoms in total. The third-order valence-corrected chi connectivity index (χ3v) is 3.57. The smallest absolute Gasteiger partial charge is 0.140 e. The van der Waals surface area contributed by atoms with E-state index in [-0.39, 0.29) is 0 Å². The molecule has 1 aromatic heterocycles. The molecule has 0 saturated carbocycles. The molecule has 0 bridgehead atoms. The maximum absolute atomic E-state index is 6.04. The zero-order chi connectivity index (χ0) is 12.5. The number of morpholine rings is 1. The van der Waals surface area contributed by atoms with Gasteiger partial charge in [-0.1, -0.05) is 11.6 Å². The first-order chi connectivity index (χ1) is 8.75. The van der Waals surface area contributed by atoms with E-state index in [1.165, 1.54) is 6.33 Å². The quantitative estimate of drug-likeness (QED) is 0.741. The molecule has 1 fully saturated rings. The van der Waals surface area contributed by atoms with Crippen LogP contribution in [0.4, 0.5) is 5.69 Å². The molecule has 2 heterocycles. The minimum absolute atomic E-state index is 0.383. The van der Waals surface area contributed by atoms with Crippen LogP contribution in [-0.2, 0) is 4.74 Å². The molecule has 94 valence electrons. The summed E-state index contributed by atoms with van der Waals surface area (Å²) in [5.74, 6) is 0. The third-order valence-electron chi connectivity index (χ3n) is 3.27. The molecule has 5 heteroatoms. The standard InChI is InChI=1S/C13H14ClN3O/c1-9-7-18-5-4-17(9)10-2-3-11-12(6-10)15-8-16-13(11)14/h2-3,6,8-9H,4-5,7H2,1H3/t9-/m0/s1. The first-order valence-electron chi connectivity index (χ1n) is 6.00. The Hall–Kier alpha value is -1.39. The van der Waals surface area contributed by atoms with E-state index in [4.69, 9.17) is 16.3 Å². The van der Waals surface area contributed by atoms with Crippen molar-refractivity contribution in [3.05, 3.63) is 29.7 Å². The molecule has 0 N–H and O–H groups in total. The van der Waals surface area contributed by atoms with Gasteiger partial charge in [-0.05, 0) is 25.1 Å². The maximum atomic E-state index is 6.04. The summed E-state index contributed by atoms with van der Waals surface area (Å²) in [6, 6.07) is 6.49. The van der Waals surface area contributed by atoms with Gasteiger partial charge in [0.15, 0.2) is 0 Å². The number of rotatable bonds is 1. The molecule has 0 amide bonds. The summed E-state index contributed by atoms with van der Waals surface area (Å²) in [6.45, 7) is 4.61. The summed E-state index contributed by atoms with van der Waals surface area (Å²) in [4.78, 5) is 10.6. The average Bonchev–Trinajstić information content (AvgIpc) is 2.39. The summed E-state index contributed by atoms with van der Waals surface area (Å²) >= 11 is 6.04. The van der Waals surface area contributed by atoms with Crippen molar-refractivity contribution in [2.24, 2.45) is 0 Å². The Bertz CT molecular complexity index is 575. The molecule has 0 aliphatic carbocycles. The van der Waals surface area contributed by atoms with Crippen molar-refractivity contribution in [3.8, 4) is 0 Å². The number of aromatic nitrogens is 2. The van der Waals surface area contributed by atoms with Crippen molar-refractivity contribution in [1.29, 1.82) is 0 Å². The number of halogens is 1. The summed E-state index contributed by atoms with van der Waals surface area (Å²) < 4.78 is 5.45. The molecule has 0 radical (unpaired) electrons. The molecule has 1 aliphatic rings. The zero-order valence-electron chi connectivity index (χ0n) is 10.1. The Balaban J connectivity index is 2.02. The van der Waals surface area contributed by atoms with Crippen LogP contribution in [0.25, 0.3) is 10.9 Å². The summed E-state index contributed by atoms with van der Waals surface area (Å²) in [5, 5.41) is 1.39. The molecule has 0 unspecified atom stereocenters. The van der Waals surface area contributed by atoms with Gasteiger partial charge >= 0.3 is 0 Å². The Morgan fingerprint density at radius 2 is 2.28 bits per heavy atom. The highest BCUT2D eigenvalue weighted by atomic mass is 35.5. The van der Waals surface area contributed by atoms with Crippen molar-refractivity contribution < 1.29 is 4.74 Å². The second kappa shape index (κ2) is 4.71. The van der Waals surface area contributed by atoms with Crippen LogP contribution in [0, 0.1) is 0 Å². The monoisotopic (exact) mass is 263 g/mol. The fourth-order valence-electron chi connectivity index (χ4n) is 2.30. The average molecular weight is 264 g/mol. The Morgan fingerprint density at radius 1 is 1.39 bits per heavy atom. The lowest BCUT2D eigenvalue weighted by Crippen LogP contribution is -2.43. The normalized spacial score (nSPS) is 20.3. The summed E-state index contributed by atoms with van der Waals surface area (Å²) in [7, 11) is 0. The van der Waals surface area contributed by atoms with E-state index in [0.29, 0.717) is 11.2 Å². The van der Waals surface area contributed by atoms with Gasteiger partial charge < -0.3 is 9.64 Å². The lowest BCUT2D eigenvalue weighted by Gasteiger charge is -2.35. The molecule has 1 aromatic carbocycles. The molecule has 1 aliphatic heterocycles. The minimum atomic E-state index is 0.383. The largest absolute Gasteiger partial charge is 0.377 e. The van der Waals surface area contributed by atoms with Gasteiger partial charge in [0.25, 0.3) is 0 Å². The van der Waals surface area contributed by atoms with Gasteiger partial charge in [0.2, 0.25) is 0 Å². The number of hydrogen-bond donors (Lipinski definition) is 0. The van der Waals surface area contributed by atoms with Gasteiger partial charge in [0.1, 0.15) is 11.5 Å². The maximum Gasteiger partial charge on any atom is 0.140 e. The number of benzene rings is 1. The van der Waals surface area contributed by atoms with Crippen molar-refractivity contribution >= 4 is 28.2 Å². The molecule has 1 atom stereocenters. The summed E-state index contributed by atoms with van der Waals surface area (Å²) in [5.41, 5.74) is 2.04. The first kappa shape index (κ1) is 11.7. The predicted octanol–water partition coefficient (Wildman–Crippen LogP) is 2.51. The molecule has 1 saturated heterocycles. The fourth-order valence-corrected chi connectivity index (χ4v) is 2.51. The van der Waals surface area contributed by atoms with Gasteiger partial charge in [-0.2, -0.15) is 0 Å². The molecule has 18 heavy (non-hydrogen) atoms. The number of nitrogens with zero attached hydrogens (tertiary/aromatic N) is 3. The van der Waals surface area contributed by atoms with E-state index < -0.39 is 0 Å². The van der Waals surface area contributed by atoms with Crippen molar-refractivity contribution in [2.45, 2.75) is 13.0 Å². The van der Waals surface area contributed by atoms with Gasteiger partial charge in [0.05, 0.1) is 18.7 Å². The van der Waals surface area contributed by atoms with E-state index in [2.05, 4.69) is 33.9 Å². The number of anilines is 1. The highest BCUT2D eigenvalue weighted by Crippen LogP contribution is 2.26. The second-order valence-electron chi connectivity index (χ2n) is 4.48. The Kier molecular flexibility index (Phi) is 3.06. The fraction of sp³-hybridized carbons (Fsp3) is 0.385. The van der Waals surface area contributed by atoms with Crippen LogP contribution in [0.1, 0.15) is 6.92 Å². The minimum Gasteiger partial charge on any atom is -0.377 e. The van der Waals surface area contributed by atoms with Gasteiger partial charge in [-0.15, -0.1) is 0 Å². The van der Waals surface area contributed by atoms with E-state index in [9.17, 15) is 0 Å². The number of hydrogen-bond acceptors (Lipinski definition) is 4. The van der Waals surface area contributed by atoms with Gasteiger partial charge in [0, 0.05) is 23.7 Å². The Labute approximate surface area is 111 Å². The van der Waals surface area contributed by atoms with Gasteiger partial charge in [-0.3, -0.25) is 0 Å². The number of fused-ring (bicyclic) bond motifs is 1. The molecule has 0 spiro atoms. The van der Waals surface area contributed by atoms with E-state index in [0.717, 1.165) is 36.3 Å². The lowest BCUT2D eigenvalue weighted by molar-refractivity contribution is 0.0989. The van der Waals surface area contributed by atoms with Gasteiger partial charge in [-0.25, -0.2) is 9.97 Å².